The van der Waals surface area contributed by atoms with Gasteiger partial charge in [-0.3, -0.25) is 4.79 Å². The molecule has 0 rings (SSSR count). The molecule has 0 aromatic carbocycles. The van der Waals surface area contributed by atoms with Crippen LogP contribution in [0.4, 0.5) is 0 Å². The van der Waals surface area contributed by atoms with Gasteiger partial charge < -0.3 is 19.4 Å². The van der Waals surface area contributed by atoms with Crippen LogP contribution in [0.25, 0.3) is 0 Å². The molecule has 104 valence electrons. The Morgan fingerprint density at radius 2 is 1.56 bits per heavy atom. The fraction of sp³-hybridized carbons (Fsp3) is 0.833. The maximum atomic E-state index is 11.5. The van der Waals surface area contributed by atoms with Gasteiger partial charge in [-0.25, -0.2) is 0 Å². The molecule has 5 nitrogen and oxygen atoms in total. The Hall–Kier alpha value is -0.408. The first kappa shape index (κ1) is 17.6. The highest BCUT2D eigenvalue weighted by Gasteiger charge is 2.31. The molecule has 0 saturated carbocycles. The first-order valence-corrected chi connectivity index (χ1v) is 8.46. The predicted molar refractivity (Wildman–Crippen MR) is 69.9 cm³/mol. The molecule has 0 heterocycles. The van der Waals surface area contributed by atoms with E-state index in [9.17, 15) is 9.59 Å². The predicted octanol–water partition coefficient (Wildman–Crippen LogP) is 1.87. The lowest BCUT2D eigenvalue weighted by atomic mass is 10.4. The van der Waals surface area contributed by atoms with Gasteiger partial charge in [-0.2, -0.15) is 0 Å². The summed E-state index contributed by atoms with van der Waals surface area (Å²) >= 11 is -2.03. The molecule has 0 atom stereocenters. The second kappa shape index (κ2) is 8.65. The molecule has 1 N–H and O–H groups in total. The summed E-state index contributed by atoms with van der Waals surface area (Å²) < 4.78 is 11.2. The summed E-state index contributed by atoms with van der Waals surface area (Å²) in [5, 5.41) is 9.18. The molecule has 0 aliphatic carbocycles. The SMILES string of the molecule is C[C](=O)[Al]([CH2]C(=O)O)[CH2]C(OC(C)C)OC(C)C. The molecule has 0 saturated heterocycles. The van der Waals surface area contributed by atoms with Gasteiger partial charge in [0, 0.05) is 5.28 Å². The number of hydrogen-bond donors (Lipinski definition) is 1. The Kier molecular flexibility index (Phi) is 8.46. The van der Waals surface area contributed by atoms with Crippen LogP contribution < -0.4 is 0 Å². The third-order valence-electron chi connectivity index (χ3n) is 2.32. The van der Waals surface area contributed by atoms with Gasteiger partial charge in [-0.05, 0) is 39.9 Å². The summed E-state index contributed by atoms with van der Waals surface area (Å²) in [5.41, 5.74) is 0. The lowest BCUT2D eigenvalue weighted by molar-refractivity contribution is -0.170. The van der Waals surface area contributed by atoms with Crippen molar-refractivity contribution in [1.29, 1.82) is 0 Å². The maximum absolute atomic E-state index is 11.5. The number of carbonyl (C=O) groups excluding carboxylic acids is 1. The summed E-state index contributed by atoms with van der Waals surface area (Å²) in [5.74, 6) is -0.922. The molecule has 0 amide bonds. The van der Waals surface area contributed by atoms with Crippen molar-refractivity contribution in [2.24, 2.45) is 0 Å². The highest BCUT2D eigenvalue weighted by atomic mass is 27.2. The summed E-state index contributed by atoms with van der Waals surface area (Å²) in [6.07, 6.45) is -0.509. The van der Waals surface area contributed by atoms with Gasteiger partial charge in [0.05, 0.1) is 16.9 Å². The van der Waals surface area contributed by atoms with Crippen LogP contribution in [0.3, 0.4) is 0 Å². The topological polar surface area (TPSA) is 72.8 Å². The van der Waals surface area contributed by atoms with E-state index in [1.807, 2.05) is 27.7 Å². The van der Waals surface area contributed by atoms with Crippen LogP contribution in [0.5, 0.6) is 0 Å². The van der Waals surface area contributed by atoms with Gasteiger partial charge in [0.15, 0.2) is 0 Å². The van der Waals surface area contributed by atoms with Crippen molar-refractivity contribution in [3.05, 3.63) is 0 Å². The Morgan fingerprint density at radius 3 is 1.83 bits per heavy atom. The largest absolute Gasteiger partial charge is 0.482 e. The normalized spacial score (nSPS) is 11.3. The third kappa shape index (κ3) is 8.65. The van der Waals surface area contributed by atoms with Crippen molar-refractivity contribution >= 4 is 24.8 Å². The van der Waals surface area contributed by atoms with Crippen LogP contribution in [0, 0.1) is 0 Å². The standard InChI is InChI=1S/C8H17O2.C2H3O2.C2H3O.Al/c1-6(2)9-8(5)10-7(3)4;1-2(3)4;1-2-3;/h6-8H,5H2,1-4H3;1H2,(H,3,4);1H3;. The number of aliphatic carboxylic acids is 1. The van der Waals surface area contributed by atoms with Gasteiger partial charge in [0.1, 0.15) is 6.29 Å². The fourth-order valence-corrected chi connectivity index (χ4v) is 3.48. The second-order valence-corrected chi connectivity index (χ2v) is 8.03. The number of carbonyl (C=O) groups is 2. The van der Waals surface area contributed by atoms with E-state index in [1.165, 1.54) is 6.92 Å². The van der Waals surface area contributed by atoms with Crippen LogP contribution in [-0.4, -0.2) is 48.4 Å². The van der Waals surface area contributed by atoms with E-state index in [1.54, 1.807) is 0 Å². The van der Waals surface area contributed by atoms with Crippen molar-refractivity contribution in [3.63, 3.8) is 0 Å². The molecule has 0 radical (unpaired) electrons. The zero-order valence-corrected chi connectivity index (χ0v) is 13.0. The first-order valence-electron chi connectivity index (χ1n) is 6.25. The van der Waals surface area contributed by atoms with E-state index < -0.39 is 26.4 Å². The molecule has 0 fully saturated rings. The molecule has 0 aromatic rings. The highest BCUT2D eigenvalue weighted by Crippen LogP contribution is 2.14. The number of rotatable bonds is 9. The highest BCUT2D eigenvalue weighted by molar-refractivity contribution is 6.91. The van der Waals surface area contributed by atoms with Gasteiger partial charge in [0.25, 0.3) is 5.97 Å². The molecule has 0 aromatic heterocycles. The van der Waals surface area contributed by atoms with Crippen molar-refractivity contribution in [3.8, 4) is 0 Å². The molecule has 6 heteroatoms. The second-order valence-electron chi connectivity index (χ2n) is 4.94. The molecule has 18 heavy (non-hydrogen) atoms. The third-order valence-corrected chi connectivity index (χ3v) is 5.27. The van der Waals surface area contributed by atoms with Crippen LogP contribution in [0.1, 0.15) is 34.6 Å². The van der Waals surface area contributed by atoms with Crippen LogP contribution in [0.2, 0.25) is 10.6 Å². The molecule has 0 aliphatic heterocycles. The zero-order chi connectivity index (χ0) is 14.3. The quantitative estimate of drug-likeness (QED) is 0.513. The summed E-state index contributed by atoms with van der Waals surface area (Å²) in [6, 6.07) is 0. The zero-order valence-electron chi connectivity index (χ0n) is 11.8. The van der Waals surface area contributed by atoms with Crippen LogP contribution >= 0.6 is 0 Å². The minimum Gasteiger partial charge on any atom is -0.482 e. The van der Waals surface area contributed by atoms with E-state index in [2.05, 4.69) is 0 Å². The van der Waals surface area contributed by atoms with Crippen LogP contribution in [0.15, 0.2) is 0 Å². The average molecular weight is 274 g/mol. The minimum absolute atomic E-state index is 0.0119. The number of ether oxygens (including phenoxy) is 2. The average Bonchev–Trinajstić information content (AvgIpc) is 2.13. The smallest absolute Gasteiger partial charge is 0.383 e. The van der Waals surface area contributed by atoms with Crippen molar-refractivity contribution in [2.45, 2.75) is 63.7 Å². The fourth-order valence-electron chi connectivity index (χ4n) is 1.59. The Balaban J connectivity index is 4.57. The lowest BCUT2D eigenvalue weighted by Crippen LogP contribution is -2.35. The van der Waals surface area contributed by atoms with Gasteiger partial charge in [-0.15, -0.1) is 0 Å². The Bertz CT molecular complexity index is 268. The summed E-state index contributed by atoms with van der Waals surface area (Å²) in [4.78, 5) is 22.2. The molecule has 0 spiro atoms. The lowest BCUT2D eigenvalue weighted by Gasteiger charge is -2.24. The molecular weight excluding hydrogens is 251 g/mol. The van der Waals surface area contributed by atoms with Gasteiger partial charge in [0.2, 0.25) is 0 Å². The number of carboxylic acid groups (broad SMARTS) is 1. The Labute approximate surface area is 113 Å². The summed E-state index contributed by atoms with van der Waals surface area (Å²) in [7, 11) is 0. The van der Waals surface area contributed by atoms with E-state index in [0.29, 0.717) is 5.28 Å². The number of hydrogen-bond acceptors (Lipinski definition) is 4. The minimum atomic E-state index is -2.03. The van der Waals surface area contributed by atoms with Gasteiger partial charge in [-0.1, -0.05) is 0 Å². The molecule has 0 aliphatic rings. The van der Waals surface area contributed by atoms with Crippen LogP contribution in [-0.2, 0) is 19.1 Å². The van der Waals surface area contributed by atoms with Gasteiger partial charge >= 0.3 is 14.1 Å². The van der Waals surface area contributed by atoms with E-state index >= 15 is 0 Å². The first-order chi connectivity index (χ1) is 8.22. The monoisotopic (exact) mass is 274 g/mol. The molecule has 0 unspecified atom stereocenters. The van der Waals surface area contributed by atoms with E-state index in [-0.39, 0.29) is 22.1 Å². The number of carboxylic acids is 1. The van der Waals surface area contributed by atoms with Crippen molar-refractivity contribution < 1.29 is 24.2 Å². The maximum Gasteiger partial charge on any atom is 0.383 e. The van der Waals surface area contributed by atoms with E-state index in [0.717, 1.165) is 0 Å². The van der Waals surface area contributed by atoms with E-state index in [4.69, 9.17) is 14.6 Å². The van der Waals surface area contributed by atoms with Crippen molar-refractivity contribution in [2.75, 3.05) is 0 Å². The molecular formula is C12H23AlO5. The summed E-state index contributed by atoms with van der Waals surface area (Å²) in [6.45, 7) is 9.01. The molecule has 0 bridgehead atoms. The Morgan fingerprint density at radius 1 is 1.11 bits per heavy atom. The van der Waals surface area contributed by atoms with Crippen molar-refractivity contribution in [1.82, 2.24) is 0 Å².